The first-order chi connectivity index (χ1) is 10.6. The minimum absolute atomic E-state index is 0.272. The number of unbranched alkanes of at least 4 members (excludes halogenated alkanes) is 1. The van der Waals surface area contributed by atoms with Gasteiger partial charge in [-0.1, -0.05) is 24.9 Å². The maximum absolute atomic E-state index is 12.3. The third-order valence-electron chi connectivity index (χ3n) is 3.00. The number of hydrogen-bond acceptors (Lipinski definition) is 4. The number of rotatable bonds is 6. The van der Waals surface area contributed by atoms with E-state index >= 15 is 0 Å². The van der Waals surface area contributed by atoms with Gasteiger partial charge in [-0.3, -0.25) is 4.79 Å². The van der Waals surface area contributed by atoms with Crippen LogP contribution >= 0.6 is 11.6 Å². The second-order valence-electron chi connectivity index (χ2n) is 4.96. The number of carbonyl (C=O) groups excluding carboxylic acids is 1. The molecule has 1 aromatic carbocycles. The molecule has 2 rings (SSSR count). The van der Waals surface area contributed by atoms with Crippen LogP contribution in [-0.2, 0) is 0 Å². The van der Waals surface area contributed by atoms with Crippen LogP contribution in [0.1, 0.15) is 35.9 Å². The van der Waals surface area contributed by atoms with Crippen molar-refractivity contribution >= 4 is 29.1 Å². The molecule has 1 heterocycles. The first-order valence-electron chi connectivity index (χ1n) is 7.25. The van der Waals surface area contributed by atoms with Gasteiger partial charge in [0, 0.05) is 22.9 Å². The highest BCUT2D eigenvalue weighted by atomic mass is 35.5. The highest BCUT2D eigenvalue weighted by Gasteiger charge is 2.11. The monoisotopic (exact) mass is 318 g/mol. The molecule has 2 aromatic rings. The average Bonchev–Trinajstić information content (AvgIpc) is 2.49. The Hall–Kier alpha value is -2.14. The third-order valence-corrected chi connectivity index (χ3v) is 3.25. The number of aryl methyl sites for hydroxylation is 1. The van der Waals surface area contributed by atoms with Crippen molar-refractivity contribution in [3.63, 3.8) is 0 Å². The van der Waals surface area contributed by atoms with Crippen molar-refractivity contribution in [1.82, 2.24) is 9.97 Å². The zero-order chi connectivity index (χ0) is 15.9. The lowest BCUT2D eigenvalue weighted by atomic mass is 10.3. The quantitative estimate of drug-likeness (QED) is 0.793. The highest BCUT2D eigenvalue weighted by molar-refractivity contribution is 6.30. The molecular weight excluding hydrogens is 300 g/mol. The molecule has 0 bridgehead atoms. The van der Waals surface area contributed by atoms with Gasteiger partial charge in [-0.15, -0.1) is 0 Å². The van der Waals surface area contributed by atoms with Crippen LogP contribution in [0.4, 0.5) is 11.6 Å². The predicted molar refractivity (Wildman–Crippen MR) is 89.6 cm³/mol. The molecule has 0 saturated carbocycles. The Balaban J connectivity index is 2.09. The molecule has 0 spiro atoms. The van der Waals surface area contributed by atoms with Crippen LogP contribution in [0.5, 0.6) is 0 Å². The zero-order valence-electron chi connectivity index (χ0n) is 12.7. The van der Waals surface area contributed by atoms with E-state index in [1.807, 2.05) is 6.92 Å². The van der Waals surface area contributed by atoms with E-state index < -0.39 is 0 Å². The molecule has 1 amide bonds. The van der Waals surface area contributed by atoms with Gasteiger partial charge in [0.2, 0.25) is 5.95 Å². The van der Waals surface area contributed by atoms with Crippen molar-refractivity contribution in [3.8, 4) is 0 Å². The summed E-state index contributed by atoms with van der Waals surface area (Å²) in [6.45, 7) is 4.74. The van der Waals surface area contributed by atoms with Gasteiger partial charge < -0.3 is 10.6 Å². The Bertz CT molecular complexity index is 643. The average molecular weight is 319 g/mol. The van der Waals surface area contributed by atoms with Crippen LogP contribution in [0.3, 0.4) is 0 Å². The zero-order valence-corrected chi connectivity index (χ0v) is 13.4. The molecule has 116 valence electrons. The van der Waals surface area contributed by atoms with Crippen molar-refractivity contribution in [1.29, 1.82) is 0 Å². The molecule has 0 aliphatic carbocycles. The van der Waals surface area contributed by atoms with Crippen LogP contribution in [0, 0.1) is 6.92 Å². The van der Waals surface area contributed by atoms with Gasteiger partial charge >= 0.3 is 0 Å². The molecule has 0 radical (unpaired) electrons. The maximum atomic E-state index is 12.3. The van der Waals surface area contributed by atoms with Crippen LogP contribution in [0.25, 0.3) is 0 Å². The molecule has 0 saturated heterocycles. The summed E-state index contributed by atoms with van der Waals surface area (Å²) < 4.78 is 0. The van der Waals surface area contributed by atoms with E-state index in [1.165, 1.54) is 0 Å². The van der Waals surface area contributed by atoms with E-state index in [-0.39, 0.29) is 5.91 Å². The van der Waals surface area contributed by atoms with Gasteiger partial charge in [-0.25, -0.2) is 9.97 Å². The van der Waals surface area contributed by atoms with Crippen LogP contribution < -0.4 is 10.6 Å². The fourth-order valence-corrected chi connectivity index (χ4v) is 2.00. The van der Waals surface area contributed by atoms with E-state index in [2.05, 4.69) is 27.5 Å². The van der Waals surface area contributed by atoms with E-state index in [4.69, 9.17) is 11.6 Å². The summed E-state index contributed by atoms with van der Waals surface area (Å²) in [6, 6.07) is 8.60. The fourth-order valence-electron chi connectivity index (χ4n) is 1.87. The molecule has 0 unspecified atom stereocenters. The van der Waals surface area contributed by atoms with Crippen LogP contribution in [0.15, 0.2) is 30.3 Å². The van der Waals surface area contributed by atoms with E-state index in [0.717, 1.165) is 25.1 Å². The third kappa shape index (κ3) is 4.70. The number of carbonyl (C=O) groups is 1. The van der Waals surface area contributed by atoms with Gasteiger partial charge in [-0.05, 0) is 43.7 Å². The largest absolute Gasteiger partial charge is 0.354 e. The highest BCUT2D eigenvalue weighted by Crippen LogP contribution is 2.14. The van der Waals surface area contributed by atoms with E-state index in [9.17, 15) is 4.79 Å². The Morgan fingerprint density at radius 1 is 1.23 bits per heavy atom. The van der Waals surface area contributed by atoms with Crippen molar-refractivity contribution < 1.29 is 4.79 Å². The Kier molecular flexibility index (Phi) is 5.72. The second kappa shape index (κ2) is 7.75. The summed E-state index contributed by atoms with van der Waals surface area (Å²) in [7, 11) is 0. The van der Waals surface area contributed by atoms with Crippen LogP contribution in [0.2, 0.25) is 5.02 Å². The number of anilines is 2. The lowest BCUT2D eigenvalue weighted by molar-refractivity contribution is 0.102. The molecule has 2 N–H and O–H groups in total. The molecule has 1 aromatic heterocycles. The van der Waals surface area contributed by atoms with E-state index in [0.29, 0.717) is 22.4 Å². The second-order valence-corrected chi connectivity index (χ2v) is 5.40. The van der Waals surface area contributed by atoms with E-state index in [1.54, 1.807) is 30.3 Å². The predicted octanol–water partition coefficient (Wildman–Crippen LogP) is 3.90. The van der Waals surface area contributed by atoms with Crippen molar-refractivity contribution in [3.05, 3.63) is 46.7 Å². The standard InChI is InChI=1S/C16H19ClN4O/c1-3-4-9-18-16-19-11(2)10-14(21-16)15(22)20-13-7-5-12(17)6-8-13/h5-8,10H,3-4,9H2,1-2H3,(H,20,22)(H,18,19,21). The van der Waals surface area contributed by atoms with Gasteiger partial charge in [0.1, 0.15) is 5.69 Å². The summed E-state index contributed by atoms with van der Waals surface area (Å²) in [5.41, 5.74) is 1.75. The molecule has 0 fully saturated rings. The normalized spacial score (nSPS) is 10.3. The summed E-state index contributed by atoms with van der Waals surface area (Å²) in [6.07, 6.45) is 2.12. The Morgan fingerprint density at radius 2 is 1.95 bits per heavy atom. The van der Waals surface area contributed by atoms with Gasteiger partial charge in [0.15, 0.2) is 0 Å². The maximum Gasteiger partial charge on any atom is 0.274 e. The topological polar surface area (TPSA) is 66.9 Å². The minimum atomic E-state index is -0.272. The molecular formula is C16H19ClN4O. The van der Waals surface area contributed by atoms with Gasteiger partial charge in [0.25, 0.3) is 5.91 Å². The summed E-state index contributed by atoms with van der Waals surface area (Å²) >= 11 is 5.83. The van der Waals surface area contributed by atoms with Gasteiger partial charge in [0.05, 0.1) is 0 Å². The van der Waals surface area contributed by atoms with Crippen LogP contribution in [-0.4, -0.2) is 22.4 Å². The Labute approximate surface area is 135 Å². The summed E-state index contributed by atoms with van der Waals surface area (Å²) in [5.74, 6) is 0.209. The van der Waals surface area contributed by atoms with Crippen molar-refractivity contribution in [2.45, 2.75) is 26.7 Å². The molecule has 22 heavy (non-hydrogen) atoms. The molecule has 0 atom stereocenters. The van der Waals surface area contributed by atoms with Crippen molar-refractivity contribution in [2.75, 3.05) is 17.2 Å². The molecule has 0 aliphatic rings. The molecule has 6 heteroatoms. The number of nitrogens with zero attached hydrogens (tertiary/aromatic N) is 2. The number of halogens is 1. The number of nitrogens with one attached hydrogen (secondary N) is 2. The number of benzene rings is 1. The Morgan fingerprint density at radius 3 is 2.64 bits per heavy atom. The minimum Gasteiger partial charge on any atom is -0.354 e. The SMILES string of the molecule is CCCCNc1nc(C)cc(C(=O)Nc2ccc(Cl)cc2)n1. The number of hydrogen-bond donors (Lipinski definition) is 2. The van der Waals surface area contributed by atoms with Gasteiger partial charge in [-0.2, -0.15) is 0 Å². The lowest BCUT2D eigenvalue weighted by Gasteiger charge is -2.08. The molecule has 0 aliphatic heterocycles. The first kappa shape index (κ1) is 16.2. The van der Waals surface area contributed by atoms with Crippen molar-refractivity contribution in [2.24, 2.45) is 0 Å². The summed E-state index contributed by atoms with van der Waals surface area (Å²) in [5, 5.41) is 6.55. The number of amides is 1. The summed E-state index contributed by atoms with van der Waals surface area (Å²) in [4.78, 5) is 20.8. The lowest BCUT2D eigenvalue weighted by Crippen LogP contribution is -2.16. The number of aromatic nitrogens is 2. The smallest absolute Gasteiger partial charge is 0.274 e. The first-order valence-corrected chi connectivity index (χ1v) is 7.62. The molecule has 5 nitrogen and oxygen atoms in total. The fraction of sp³-hybridized carbons (Fsp3) is 0.312.